The van der Waals surface area contributed by atoms with Gasteiger partial charge in [0.1, 0.15) is 11.6 Å². The van der Waals surface area contributed by atoms with E-state index in [-0.39, 0.29) is 16.1 Å². The molecule has 0 spiro atoms. The van der Waals surface area contributed by atoms with Crippen molar-refractivity contribution < 1.29 is 22.0 Å². The summed E-state index contributed by atoms with van der Waals surface area (Å²) < 4.78 is 55.6. The summed E-state index contributed by atoms with van der Waals surface area (Å²) in [5.41, 5.74) is 0.888. The highest BCUT2D eigenvalue weighted by atomic mass is 32.2. The summed E-state index contributed by atoms with van der Waals surface area (Å²) in [6.07, 6.45) is 0. The predicted octanol–water partition coefficient (Wildman–Crippen LogP) is 5.14. The van der Waals surface area contributed by atoms with Gasteiger partial charge < -0.3 is 5.32 Å². The lowest BCUT2D eigenvalue weighted by molar-refractivity contribution is 0.102. The van der Waals surface area contributed by atoms with Crippen molar-refractivity contribution in [1.82, 2.24) is 0 Å². The van der Waals surface area contributed by atoms with Crippen LogP contribution in [-0.4, -0.2) is 14.3 Å². The van der Waals surface area contributed by atoms with Crippen molar-refractivity contribution >= 4 is 27.3 Å². The third-order valence-electron chi connectivity index (χ3n) is 4.45. The molecule has 8 heteroatoms. The van der Waals surface area contributed by atoms with E-state index in [1.165, 1.54) is 18.2 Å². The molecule has 0 unspecified atom stereocenters. The van der Waals surface area contributed by atoms with Crippen LogP contribution in [0.25, 0.3) is 0 Å². The summed E-state index contributed by atoms with van der Waals surface area (Å²) in [6.45, 7) is 4.04. The molecule has 1 amide bonds. The van der Waals surface area contributed by atoms with Crippen molar-refractivity contribution in [3.05, 3.63) is 89.5 Å². The molecule has 0 aromatic heterocycles. The van der Waals surface area contributed by atoms with Crippen LogP contribution >= 0.6 is 0 Å². The minimum absolute atomic E-state index is 0.250. The van der Waals surface area contributed by atoms with Gasteiger partial charge in [0.15, 0.2) is 0 Å². The predicted molar refractivity (Wildman–Crippen MR) is 112 cm³/mol. The third-order valence-corrected chi connectivity index (χ3v) is 5.83. The standard InChI is InChI=1S/C22H20F2N2O3S/c1-14(2)15-7-9-16(10-8-15)26-30(28,29)17-11-12-21(20(24)13-17)25-22(27)18-5-3-4-6-19(18)23/h3-14,26H,1-2H3,(H,25,27). The Hall–Kier alpha value is -3.26. The van der Waals surface area contributed by atoms with Crippen molar-refractivity contribution in [3.63, 3.8) is 0 Å². The first-order chi connectivity index (χ1) is 14.2. The SMILES string of the molecule is CC(C)c1ccc(NS(=O)(=O)c2ccc(NC(=O)c3ccccc3F)c(F)c2)cc1. The van der Waals surface area contributed by atoms with Gasteiger partial charge in [0.05, 0.1) is 16.1 Å². The number of carbonyl (C=O) groups is 1. The first kappa shape index (κ1) is 21.4. The van der Waals surface area contributed by atoms with E-state index >= 15 is 0 Å². The Balaban J connectivity index is 1.78. The molecule has 2 N–H and O–H groups in total. The summed E-state index contributed by atoms with van der Waals surface area (Å²) in [5, 5.41) is 2.24. The largest absolute Gasteiger partial charge is 0.319 e. The topological polar surface area (TPSA) is 75.3 Å². The first-order valence-corrected chi connectivity index (χ1v) is 10.6. The smallest absolute Gasteiger partial charge is 0.261 e. The number of sulfonamides is 1. The van der Waals surface area contributed by atoms with Crippen LogP contribution in [-0.2, 0) is 10.0 Å². The van der Waals surface area contributed by atoms with Crippen LogP contribution in [0.1, 0.15) is 35.7 Å². The van der Waals surface area contributed by atoms with Crippen molar-refractivity contribution in [2.75, 3.05) is 10.0 Å². The van der Waals surface area contributed by atoms with Gasteiger partial charge in [0.25, 0.3) is 15.9 Å². The van der Waals surface area contributed by atoms with Crippen LogP contribution in [0.3, 0.4) is 0 Å². The average Bonchev–Trinajstić information content (AvgIpc) is 2.69. The van der Waals surface area contributed by atoms with Crippen molar-refractivity contribution in [1.29, 1.82) is 0 Å². The maximum Gasteiger partial charge on any atom is 0.261 e. The van der Waals surface area contributed by atoms with E-state index in [1.54, 1.807) is 12.1 Å². The van der Waals surface area contributed by atoms with Gasteiger partial charge in [-0.3, -0.25) is 9.52 Å². The van der Waals surface area contributed by atoms with E-state index in [4.69, 9.17) is 0 Å². The highest BCUT2D eigenvalue weighted by molar-refractivity contribution is 7.92. The van der Waals surface area contributed by atoms with E-state index in [1.807, 2.05) is 26.0 Å². The summed E-state index contributed by atoms with van der Waals surface area (Å²) in [4.78, 5) is 11.8. The van der Waals surface area contributed by atoms with Gasteiger partial charge in [-0.25, -0.2) is 17.2 Å². The van der Waals surface area contributed by atoms with E-state index in [0.717, 1.165) is 29.8 Å². The number of nitrogens with one attached hydrogen (secondary N) is 2. The van der Waals surface area contributed by atoms with Crippen LogP contribution in [0.4, 0.5) is 20.2 Å². The average molecular weight is 430 g/mol. The second-order valence-corrected chi connectivity index (χ2v) is 8.64. The monoisotopic (exact) mass is 430 g/mol. The van der Waals surface area contributed by atoms with Crippen molar-refractivity contribution in [2.24, 2.45) is 0 Å². The van der Waals surface area contributed by atoms with Gasteiger partial charge in [-0.2, -0.15) is 0 Å². The summed E-state index contributed by atoms with van der Waals surface area (Å²) in [7, 11) is -4.04. The van der Waals surface area contributed by atoms with E-state index in [0.29, 0.717) is 11.6 Å². The first-order valence-electron chi connectivity index (χ1n) is 9.15. The molecule has 0 atom stereocenters. The molecule has 0 aliphatic heterocycles. The zero-order valence-corrected chi connectivity index (χ0v) is 17.1. The molecule has 0 aliphatic rings. The highest BCUT2D eigenvalue weighted by Crippen LogP contribution is 2.23. The molecule has 3 aromatic carbocycles. The molecular formula is C22H20F2N2O3S. The number of hydrogen-bond donors (Lipinski definition) is 2. The number of rotatable bonds is 6. The molecule has 0 fully saturated rings. The lowest BCUT2D eigenvalue weighted by Gasteiger charge is -2.12. The minimum atomic E-state index is -4.04. The Morgan fingerprint density at radius 1 is 0.900 bits per heavy atom. The fourth-order valence-electron chi connectivity index (χ4n) is 2.75. The quantitative estimate of drug-likeness (QED) is 0.569. The molecule has 3 aromatic rings. The number of halogens is 2. The van der Waals surface area contributed by atoms with Crippen LogP contribution in [0.2, 0.25) is 0 Å². The van der Waals surface area contributed by atoms with Crippen LogP contribution < -0.4 is 10.0 Å². The Bertz CT molecular complexity index is 1180. The molecule has 3 rings (SSSR count). The number of hydrogen-bond acceptors (Lipinski definition) is 3. The molecule has 156 valence electrons. The summed E-state index contributed by atoms with van der Waals surface area (Å²) in [6, 6.07) is 15.2. The normalized spacial score (nSPS) is 11.4. The molecule has 0 saturated carbocycles. The molecule has 0 bridgehead atoms. The van der Waals surface area contributed by atoms with Crippen molar-refractivity contribution in [2.45, 2.75) is 24.7 Å². The lowest BCUT2D eigenvalue weighted by atomic mass is 10.0. The number of carbonyl (C=O) groups excluding carboxylic acids is 1. The van der Waals surface area contributed by atoms with E-state index in [2.05, 4.69) is 10.0 Å². The van der Waals surface area contributed by atoms with Gasteiger partial charge >= 0.3 is 0 Å². The third kappa shape index (κ3) is 4.83. The zero-order valence-electron chi connectivity index (χ0n) is 16.3. The molecule has 0 heterocycles. The maximum absolute atomic E-state index is 14.4. The van der Waals surface area contributed by atoms with Crippen molar-refractivity contribution in [3.8, 4) is 0 Å². The fourth-order valence-corrected chi connectivity index (χ4v) is 3.82. The molecule has 30 heavy (non-hydrogen) atoms. The second-order valence-electron chi connectivity index (χ2n) is 6.96. The number of benzene rings is 3. The fraction of sp³-hybridized carbons (Fsp3) is 0.136. The summed E-state index contributed by atoms with van der Waals surface area (Å²) in [5.74, 6) is -2.25. The molecule has 0 radical (unpaired) electrons. The Labute approximate surface area is 173 Å². The maximum atomic E-state index is 14.4. The Morgan fingerprint density at radius 3 is 2.17 bits per heavy atom. The second kappa shape index (κ2) is 8.62. The van der Waals surface area contributed by atoms with Crippen LogP contribution in [0.5, 0.6) is 0 Å². The van der Waals surface area contributed by atoms with Crippen LogP contribution in [0.15, 0.2) is 71.6 Å². The molecule has 5 nitrogen and oxygen atoms in total. The Morgan fingerprint density at radius 2 is 1.57 bits per heavy atom. The molecular weight excluding hydrogens is 410 g/mol. The molecule has 0 aliphatic carbocycles. The zero-order chi connectivity index (χ0) is 21.9. The van der Waals surface area contributed by atoms with Gasteiger partial charge in [-0.15, -0.1) is 0 Å². The van der Waals surface area contributed by atoms with E-state index < -0.39 is 27.6 Å². The van der Waals surface area contributed by atoms with E-state index in [9.17, 15) is 22.0 Å². The van der Waals surface area contributed by atoms with Gasteiger partial charge in [-0.05, 0) is 53.9 Å². The minimum Gasteiger partial charge on any atom is -0.319 e. The number of anilines is 2. The van der Waals surface area contributed by atoms with Gasteiger partial charge in [0.2, 0.25) is 0 Å². The molecule has 0 saturated heterocycles. The number of amides is 1. The Kier molecular flexibility index (Phi) is 6.17. The van der Waals surface area contributed by atoms with Gasteiger partial charge in [0, 0.05) is 5.69 Å². The van der Waals surface area contributed by atoms with Crippen LogP contribution in [0, 0.1) is 11.6 Å². The highest BCUT2D eigenvalue weighted by Gasteiger charge is 2.18. The lowest BCUT2D eigenvalue weighted by Crippen LogP contribution is -2.16. The summed E-state index contributed by atoms with van der Waals surface area (Å²) >= 11 is 0. The van der Waals surface area contributed by atoms with Gasteiger partial charge in [-0.1, -0.05) is 38.1 Å².